The Morgan fingerprint density at radius 1 is 0.809 bits per heavy atom. The fourth-order valence-electron chi connectivity index (χ4n) is 6.25. The Morgan fingerprint density at radius 3 is 1.68 bits per heavy atom. The molecule has 0 saturated carbocycles. The number of ether oxygens (including phenoxy) is 1. The molecule has 2 fully saturated rings. The highest BCUT2D eigenvalue weighted by atomic mass is 32.3. The molecule has 2 aliphatic rings. The van der Waals surface area contributed by atoms with Crippen molar-refractivity contribution in [3.63, 3.8) is 0 Å². The predicted molar refractivity (Wildman–Crippen MR) is 165 cm³/mol. The maximum Gasteiger partial charge on any atom is 0.512 e. The Morgan fingerprint density at radius 2 is 1.26 bits per heavy atom. The molecule has 8 nitrogen and oxygen atoms in total. The van der Waals surface area contributed by atoms with Crippen molar-refractivity contribution in [1.29, 1.82) is 0 Å². The normalized spacial score (nSPS) is 18.4. The summed E-state index contributed by atoms with van der Waals surface area (Å²) in [6.45, 7) is 9.77. The quantitative estimate of drug-likeness (QED) is 0.273. The number of aryl methyl sites for hydroxylation is 4. The first-order valence-electron chi connectivity index (χ1n) is 14.3. The molecule has 17 heteroatoms. The van der Waals surface area contributed by atoms with E-state index in [-0.39, 0.29) is 13.1 Å². The second-order valence-electron chi connectivity index (χ2n) is 11.6. The number of hydrogen-bond acceptors (Lipinski definition) is 7. The third-order valence-electron chi connectivity index (χ3n) is 7.90. The number of nitrogens with zero attached hydrogens (tertiary/aromatic N) is 1. The third kappa shape index (κ3) is 7.33. The van der Waals surface area contributed by atoms with E-state index in [2.05, 4.69) is 81.0 Å². The number of alkyl halides is 6. The van der Waals surface area contributed by atoms with Gasteiger partial charge in [0.25, 0.3) is 0 Å². The lowest BCUT2D eigenvalue weighted by atomic mass is 9.71. The average Bonchev–Trinajstić information content (AvgIpc) is 3.53. The van der Waals surface area contributed by atoms with Crippen LogP contribution in [0.1, 0.15) is 46.2 Å². The molecule has 0 aliphatic carbocycles. The number of rotatable bonds is 6. The van der Waals surface area contributed by atoms with Gasteiger partial charge in [-0.3, -0.25) is 0 Å². The van der Waals surface area contributed by atoms with Gasteiger partial charge in [0.05, 0.1) is 7.11 Å². The minimum absolute atomic E-state index is 0.139. The smallest absolute Gasteiger partial charge is 0.497 e. The Bertz CT molecular complexity index is 1720. The zero-order valence-electron chi connectivity index (χ0n) is 26.0. The molecule has 0 bridgehead atoms. The molecule has 0 unspecified atom stereocenters. The maximum absolute atomic E-state index is 11.5. The second-order valence-corrected chi connectivity index (χ2v) is 15.2. The van der Waals surface area contributed by atoms with Gasteiger partial charge in [0.2, 0.25) is 0 Å². The van der Waals surface area contributed by atoms with E-state index >= 15 is 0 Å². The SMILES string of the molecule is COc1ccccc1B1OC(c2cc(C)cc(C)c2)(c2cc(C)cc(C)c2)[C@@H]2CCCN12.O=S(=O)(NS(=O)(=O)C(F)(F)F)C(F)(F)F. The van der Waals surface area contributed by atoms with Gasteiger partial charge < -0.3 is 14.2 Å². The van der Waals surface area contributed by atoms with E-state index in [4.69, 9.17) is 9.39 Å². The number of methoxy groups -OCH3 is 1. The van der Waals surface area contributed by atoms with Gasteiger partial charge in [0.15, 0.2) is 0 Å². The molecule has 3 aromatic rings. The van der Waals surface area contributed by atoms with Crippen LogP contribution in [0, 0.1) is 27.7 Å². The molecule has 1 N–H and O–H groups in total. The van der Waals surface area contributed by atoms with Crippen molar-refractivity contribution in [3.05, 3.63) is 94.0 Å². The summed E-state index contributed by atoms with van der Waals surface area (Å²) in [4.78, 5) is 2.56. The molecule has 0 amide bonds. The van der Waals surface area contributed by atoms with Crippen molar-refractivity contribution in [3.8, 4) is 5.75 Å². The van der Waals surface area contributed by atoms with E-state index in [1.165, 1.54) is 39.8 Å². The molecule has 0 radical (unpaired) electrons. The summed E-state index contributed by atoms with van der Waals surface area (Å²) in [6, 6.07) is 22.4. The summed E-state index contributed by atoms with van der Waals surface area (Å²) in [5, 5.41) is 0. The Hall–Kier alpha value is -3.12. The Balaban J connectivity index is 0.000000284. The summed E-state index contributed by atoms with van der Waals surface area (Å²) < 4.78 is 121. The zero-order chi connectivity index (χ0) is 35.2. The molecule has 47 heavy (non-hydrogen) atoms. The fraction of sp³-hybridized carbons (Fsp3) is 0.400. The first kappa shape index (κ1) is 36.7. The van der Waals surface area contributed by atoms with Gasteiger partial charge in [-0.05, 0) is 64.3 Å². The minimum Gasteiger partial charge on any atom is -0.497 e. The van der Waals surface area contributed by atoms with Crippen LogP contribution in [0.4, 0.5) is 26.3 Å². The molecule has 256 valence electrons. The highest BCUT2D eigenvalue weighted by Crippen LogP contribution is 2.50. The lowest BCUT2D eigenvalue weighted by Crippen LogP contribution is -2.46. The van der Waals surface area contributed by atoms with Crippen LogP contribution < -0.4 is 14.3 Å². The summed E-state index contributed by atoms with van der Waals surface area (Å²) in [7, 11) is -11.6. The standard InChI is InChI=1S/C28H32BNO2.C2HF6NO4S2/c1-19-13-20(2)16-23(15-19)28(24-17-21(3)14-22(4)18-24)27-11-8-12-30(27)29(32-28)25-9-6-7-10-26(25)31-5;3-1(4,5)14(10,11)9-15(12,13)2(6,7)8/h6-7,9-10,13-18,27H,8,11-12H2,1-5H3;9H/t27-;/m0./s1. The number of para-hydroxylation sites is 1. The first-order valence-corrected chi connectivity index (χ1v) is 17.2. The van der Waals surface area contributed by atoms with Gasteiger partial charge in [-0.15, -0.1) is 0 Å². The topological polar surface area (TPSA) is 102 Å². The van der Waals surface area contributed by atoms with Crippen molar-refractivity contribution in [2.75, 3.05) is 13.7 Å². The van der Waals surface area contributed by atoms with Crippen molar-refractivity contribution in [1.82, 2.24) is 8.94 Å². The highest BCUT2D eigenvalue weighted by molar-refractivity contribution is 8.05. The van der Waals surface area contributed by atoms with Crippen molar-refractivity contribution < 1.29 is 52.6 Å². The van der Waals surface area contributed by atoms with Crippen molar-refractivity contribution in [2.45, 2.75) is 63.2 Å². The Kier molecular flexibility index (Phi) is 10.2. The van der Waals surface area contributed by atoms with Gasteiger partial charge in [0, 0.05) is 11.5 Å². The van der Waals surface area contributed by atoms with Crippen LogP contribution in [0.2, 0.25) is 0 Å². The number of nitrogens with one attached hydrogen (secondary N) is 1. The number of fused-ring (bicyclic) bond motifs is 1. The largest absolute Gasteiger partial charge is 0.512 e. The van der Waals surface area contributed by atoms with E-state index in [0.29, 0.717) is 0 Å². The van der Waals surface area contributed by atoms with Crippen LogP contribution in [0.15, 0.2) is 60.7 Å². The molecule has 2 aliphatic heterocycles. The maximum atomic E-state index is 11.5. The molecule has 2 saturated heterocycles. The summed E-state index contributed by atoms with van der Waals surface area (Å²) in [6.07, 6.45) is 2.29. The summed E-state index contributed by atoms with van der Waals surface area (Å²) >= 11 is 0. The molecular weight excluding hydrogens is 673 g/mol. The second kappa shape index (κ2) is 13.1. The van der Waals surface area contributed by atoms with Crippen molar-refractivity contribution >= 4 is 32.6 Å². The van der Waals surface area contributed by atoms with Gasteiger partial charge in [-0.1, -0.05) is 81.0 Å². The van der Waals surface area contributed by atoms with Crippen LogP contribution in [-0.2, 0) is 30.3 Å². The van der Waals surface area contributed by atoms with E-state index < -0.39 is 40.8 Å². The van der Waals surface area contributed by atoms with Crippen LogP contribution >= 0.6 is 0 Å². The number of halogens is 6. The summed E-state index contributed by atoms with van der Waals surface area (Å²) in [5.41, 5.74) is -4.08. The van der Waals surface area contributed by atoms with E-state index in [9.17, 15) is 43.2 Å². The number of benzene rings is 3. The summed E-state index contributed by atoms with van der Waals surface area (Å²) in [5.74, 6) is 0.889. The van der Waals surface area contributed by atoms with Gasteiger partial charge in [-0.25, -0.2) is 16.8 Å². The highest BCUT2D eigenvalue weighted by Gasteiger charge is 2.60. The molecule has 0 spiro atoms. The lowest BCUT2D eigenvalue weighted by molar-refractivity contribution is -0.0476. The minimum atomic E-state index is -6.60. The van der Waals surface area contributed by atoms with Crippen LogP contribution in [0.5, 0.6) is 5.75 Å². The molecule has 3 aromatic carbocycles. The number of sulfonamides is 2. The van der Waals surface area contributed by atoms with Crippen molar-refractivity contribution in [2.24, 2.45) is 0 Å². The average molecular weight is 707 g/mol. The molecule has 1 atom stereocenters. The van der Waals surface area contributed by atoms with Crippen LogP contribution in [0.25, 0.3) is 0 Å². The first-order chi connectivity index (χ1) is 21.6. The van der Waals surface area contributed by atoms with E-state index in [0.717, 1.165) is 24.2 Å². The monoisotopic (exact) mass is 706 g/mol. The van der Waals surface area contributed by atoms with Gasteiger partial charge >= 0.3 is 38.1 Å². The molecule has 0 aromatic heterocycles. The van der Waals surface area contributed by atoms with E-state index in [1.54, 1.807) is 7.11 Å². The van der Waals surface area contributed by atoms with Gasteiger partial charge in [0.1, 0.15) is 11.4 Å². The molecular formula is C30H33BF6N2O6S2. The number of hydrogen-bond donors (Lipinski definition) is 1. The van der Waals surface area contributed by atoms with Crippen LogP contribution in [0.3, 0.4) is 0 Å². The fourth-order valence-corrected chi connectivity index (χ4v) is 8.16. The Labute approximate surface area is 270 Å². The molecule has 5 rings (SSSR count). The van der Waals surface area contributed by atoms with E-state index in [1.807, 2.05) is 12.1 Å². The lowest BCUT2D eigenvalue weighted by Gasteiger charge is -2.37. The predicted octanol–water partition coefficient (Wildman–Crippen LogP) is 5.34. The zero-order valence-corrected chi connectivity index (χ0v) is 27.7. The molecule has 2 heterocycles. The van der Waals surface area contributed by atoms with Crippen LogP contribution in [-0.4, -0.2) is 59.4 Å². The third-order valence-corrected chi connectivity index (χ3v) is 10.9. The van der Waals surface area contributed by atoms with Gasteiger partial charge in [-0.2, -0.15) is 26.3 Å².